The van der Waals surface area contributed by atoms with Crippen LogP contribution >= 0.6 is 11.6 Å². The number of nitrogens with one attached hydrogen (secondary N) is 2. The summed E-state index contributed by atoms with van der Waals surface area (Å²) in [5, 5.41) is 10.5. The molecule has 1 aliphatic carbocycles. The van der Waals surface area contributed by atoms with Crippen molar-refractivity contribution >= 4 is 23.3 Å². The Bertz CT molecular complexity index is 1020. The maximum atomic E-state index is 12.7. The molecule has 3 aromatic rings. The Morgan fingerprint density at radius 2 is 2.00 bits per heavy atom. The number of anilines is 1. The minimum Gasteiger partial charge on any atom is -0.336 e. The summed E-state index contributed by atoms with van der Waals surface area (Å²) in [5.41, 5.74) is 1.27. The first-order valence-electron chi connectivity index (χ1n) is 9.02. The first-order chi connectivity index (χ1) is 13.6. The van der Waals surface area contributed by atoms with Crippen molar-refractivity contribution in [3.8, 4) is 11.4 Å². The molecule has 0 aliphatic heterocycles. The molecule has 1 aromatic carbocycles. The molecule has 0 radical (unpaired) electrons. The Hall–Kier alpha value is -3.13. The highest BCUT2D eigenvalue weighted by atomic mass is 35.5. The second-order valence-electron chi connectivity index (χ2n) is 6.56. The van der Waals surface area contributed by atoms with E-state index in [2.05, 4.69) is 20.7 Å². The van der Waals surface area contributed by atoms with Gasteiger partial charge in [0, 0.05) is 41.3 Å². The predicted molar refractivity (Wildman–Crippen MR) is 106 cm³/mol. The number of aromatic nitrogens is 4. The second kappa shape index (κ2) is 7.85. The van der Waals surface area contributed by atoms with E-state index in [1.165, 1.54) is 4.68 Å². The fourth-order valence-corrected chi connectivity index (χ4v) is 3.03. The third kappa shape index (κ3) is 4.07. The van der Waals surface area contributed by atoms with Crippen LogP contribution in [0.25, 0.3) is 11.4 Å². The molecule has 2 amide bonds. The van der Waals surface area contributed by atoms with Gasteiger partial charge in [0.25, 0.3) is 0 Å². The molecule has 0 unspecified atom stereocenters. The van der Waals surface area contributed by atoms with Crippen molar-refractivity contribution in [3.05, 3.63) is 64.3 Å². The van der Waals surface area contributed by atoms with Gasteiger partial charge in [0.15, 0.2) is 5.82 Å². The van der Waals surface area contributed by atoms with Crippen molar-refractivity contribution in [3.63, 3.8) is 0 Å². The number of amides is 2. The van der Waals surface area contributed by atoms with Gasteiger partial charge in [-0.25, -0.2) is 14.3 Å². The molecule has 1 aliphatic rings. The summed E-state index contributed by atoms with van der Waals surface area (Å²) in [6, 6.07) is 10.4. The second-order valence-corrected chi connectivity index (χ2v) is 7.00. The van der Waals surface area contributed by atoms with E-state index >= 15 is 0 Å². The normalized spacial score (nSPS) is 13.3. The summed E-state index contributed by atoms with van der Waals surface area (Å²) in [6.45, 7) is 0.549. The zero-order valence-electron chi connectivity index (χ0n) is 15.0. The van der Waals surface area contributed by atoms with Gasteiger partial charge in [-0.3, -0.25) is 9.55 Å². The van der Waals surface area contributed by atoms with Gasteiger partial charge in [-0.15, -0.1) is 5.10 Å². The Labute approximate surface area is 166 Å². The van der Waals surface area contributed by atoms with Gasteiger partial charge in [0.1, 0.15) is 0 Å². The van der Waals surface area contributed by atoms with Crippen LogP contribution in [0.4, 0.5) is 10.5 Å². The summed E-state index contributed by atoms with van der Waals surface area (Å²) in [7, 11) is 0. The zero-order valence-corrected chi connectivity index (χ0v) is 15.8. The molecule has 8 nitrogen and oxygen atoms in total. The van der Waals surface area contributed by atoms with Gasteiger partial charge in [-0.05, 0) is 49.2 Å². The summed E-state index contributed by atoms with van der Waals surface area (Å²) < 4.78 is 3.12. The summed E-state index contributed by atoms with van der Waals surface area (Å²) >= 11 is 5.83. The Balaban J connectivity index is 1.42. The van der Waals surface area contributed by atoms with Crippen molar-refractivity contribution in [1.29, 1.82) is 0 Å². The van der Waals surface area contributed by atoms with Crippen LogP contribution < -0.4 is 16.3 Å². The summed E-state index contributed by atoms with van der Waals surface area (Å²) in [5.74, 6) is 0.617. The number of rotatable bonds is 6. The van der Waals surface area contributed by atoms with Crippen molar-refractivity contribution < 1.29 is 4.79 Å². The third-order valence-electron chi connectivity index (χ3n) is 4.41. The van der Waals surface area contributed by atoms with Crippen LogP contribution in [0.1, 0.15) is 18.9 Å². The average Bonchev–Trinajstić information content (AvgIpc) is 3.48. The molecule has 144 valence electrons. The minimum atomic E-state index is -0.357. The smallest absolute Gasteiger partial charge is 0.336 e. The molecular formula is C19H19ClN6O2. The van der Waals surface area contributed by atoms with Crippen molar-refractivity contribution in [2.24, 2.45) is 0 Å². The number of hydrogen-bond acceptors (Lipinski definition) is 4. The van der Waals surface area contributed by atoms with Crippen LogP contribution in [-0.4, -0.2) is 31.9 Å². The maximum Gasteiger partial charge on any atom is 0.346 e. The van der Waals surface area contributed by atoms with Gasteiger partial charge >= 0.3 is 11.7 Å². The van der Waals surface area contributed by atoms with E-state index in [-0.39, 0.29) is 30.9 Å². The maximum absolute atomic E-state index is 12.7. The fraction of sp³-hybridized carbons (Fsp3) is 0.263. The molecule has 2 aromatic heterocycles. The largest absolute Gasteiger partial charge is 0.346 e. The molecule has 2 heterocycles. The zero-order chi connectivity index (χ0) is 19.5. The number of urea groups is 1. The number of halogens is 1. The third-order valence-corrected chi connectivity index (χ3v) is 4.67. The molecule has 0 bridgehead atoms. The summed E-state index contributed by atoms with van der Waals surface area (Å²) in [6.07, 6.45) is 5.33. The topological polar surface area (TPSA) is 93.8 Å². The molecule has 1 saturated carbocycles. The first-order valence-corrected chi connectivity index (χ1v) is 9.40. The number of hydrogen-bond donors (Lipinski definition) is 2. The highest BCUT2D eigenvalue weighted by Crippen LogP contribution is 2.36. The van der Waals surface area contributed by atoms with Gasteiger partial charge in [-0.1, -0.05) is 11.6 Å². The fourth-order valence-electron chi connectivity index (χ4n) is 2.90. The van der Waals surface area contributed by atoms with E-state index in [4.69, 9.17) is 11.6 Å². The molecule has 4 rings (SSSR count). The molecule has 2 N–H and O–H groups in total. The summed E-state index contributed by atoms with van der Waals surface area (Å²) in [4.78, 5) is 28.9. The standard InChI is InChI=1S/C19H19ClN6O2/c20-14-3-5-15(6-4-14)23-18(27)22-10-11-25-19(28)26(16-7-8-16)17(24-25)13-2-1-9-21-12-13/h1-6,9,12,16H,7-8,10-11H2,(H2,22,23,27). The van der Waals surface area contributed by atoms with E-state index in [1.54, 1.807) is 41.2 Å². The highest BCUT2D eigenvalue weighted by molar-refractivity contribution is 6.30. The van der Waals surface area contributed by atoms with E-state index < -0.39 is 0 Å². The number of carbonyl (C=O) groups is 1. The lowest BCUT2D eigenvalue weighted by Gasteiger charge is -2.07. The molecule has 0 spiro atoms. The van der Waals surface area contributed by atoms with Gasteiger partial charge < -0.3 is 10.6 Å². The van der Waals surface area contributed by atoms with Gasteiger partial charge in [0.2, 0.25) is 0 Å². The quantitative estimate of drug-likeness (QED) is 0.667. The molecule has 9 heteroatoms. The monoisotopic (exact) mass is 398 g/mol. The van der Waals surface area contributed by atoms with Crippen molar-refractivity contribution in [1.82, 2.24) is 24.6 Å². The Morgan fingerprint density at radius 1 is 1.21 bits per heavy atom. The predicted octanol–water partition coefficient (Wildman–Crippen LogP) is 2.92. The highest BCUT2D eigenvalue weighted by Gasteiger charge is 2.30. The van der Waals surface area contributed by atoms with Gasteiger partial charge in [0.05, 0.1) is 6.54 Å². The Kier molecular flexibility index (Phi) is 5.12. The molecule has 0 saturated heterocycles. The van der Waals surface area contributed by atoms with Crippen LogP contribution in [0.3, 0.4) is 0 Å². The molecule has 1 fully saturated rings. The molecule has 28 heavy (non-hydrogen) atoms. The van der Waals surface area contributed by atoms with Gasteiger partial charge in [-0.2, -0.15) is 0 Å². The average molecular weight is 399 g/mol. The van der Waals surface area contributed by atoms with Crippen LogP contribution in [0.5, 0.6) is 0 Å². The lowest BCUT2D eigenvalue weighted by molar-refractivity contribution is 0.251. The van der Waals surface area contributed by atoms with Crippen LogP contribution in [0.15, 0.2) is 53.6 Å². The SMILES string of the molecule is O=C(NCCn1nc(-c2cccnc2)n(C2CC2)c1=O)Nc1ccc(Cl)cc1. The number of pyridine rings is 1. The van der Waals surface area contributed by atoms with E-state index in [0.29, 0.717) is 16.5 Å². The Morgan fingerprint density at radius 3 is 2.68 bits per heavy atom. The number of nitrogens with zero attached hydrogens (tertiary/aromatic N) is 4. The number of carbonyl (C=O) groups excluding carboxylic acids is 1. The lowest BCUT2D eigenvalue weighted by atomic mass is 10.3. The van der Waals surface area contributed by atoms with Crippen molar-refractivity contribution in [2.45, 2.75) is 25.4 Å². The minimum absolute atomic E-state index is 0.165. The molecule has 0 atom stereocenters. The van der Waals surface area contributed by atoms with Crippen molar-refractivity contribution in [2.75, 3.05) is 11.9 Å². The van der Waals surface area contributed by atoms with Crippen LogP contribution in [-0.2, 0) is 6.54 Å². The van der Waals surface area contributed by atoms with Crippen LogP contribution in [0.2, 0.25) is 5.02 Å². The van der Waals surface area contributed by atoms with E-state index in [0.717, 1.165) is 18.4 Å². The first kappa shape index (κ1) is 18.2. The number of benzene rings is 1. The lowest BCUT2D eigenvalue weighted by Crippen LogP contribution is -2.34. The van der Waals surface area contributed by atoms with E-state index in [9.17, 15) is 9.59 Å². The molecular weight excluding hydrogens is 380 g/mol. The van der Waals surface area contributed by atoms with E-state index in [1.807, 2.05) is 12.1 Å². The van der Waals surface area contributed by atoms with Crippen LogP contribution in [0, 0.1) is 0 Å².